The van der Waals surface area contributed by atoms with E-state index < -0.39 is 17.5 Å². The van der Waals surface area contributed by atoms with Gasteiger partial charge >= 0.3 is 5.76 Å². The van der Waals surface area contributed by atoms with E-state index in [2.05, 4.69) is 20.0 Å². The summed E-state index contributed by atoms with van der Waals surface area (Å²) in [7, 11) is 0. The topological polar surface area (TPSA) is 97.2 Å². The number of nitrogens with one attached hydrogen (secondary N) is 2. The van der Waals surface area contributed by atoms with Crippen molar-refractivity contribution in [2.75, 3.05) is 0 Å². The lowest BCUT2D eigenvalue weighted by Gasteiger charge is -2.12. The molecule has 1 amide bonds. The summed E-state index contributed by atoms with van der Waals surface area (Å²) in [5, 5.41) is 5.99. The number of benzene rings is 2. The van der Waals surface area contributed by atoms with Crippen molar-refractivity contribution in [2.45, 2.75) is 6.54 Å². The van der Waals surface area contributed by atoms with Crippen LogP contribution in [0.1, 0.15) is 16.2 Å². The van der Waals surface area contributed by atoms with Gasteiger partial charge in [-0.05, 0) is 24.3 Å². The van der Waals surface area contributed by atoms with Crippen molar-refractivity contribution in [3.8, 4) is 11.5 Å². The van der Waals surface area contributed by atoms with Gasteiger partial charge < -0.3 is 10.1 Å². The predicted octanol–water partition coefficient (Wildman–Crippen LogP) is 3.53. The molecule has 3 aromatic rings. The Balaban J connectivity index is 1.83. The second-order valence-corrected chi connectivity index (χ2v) is 5.83. The van der Waals surface area contributed by atoms with Gasteiger partial charge in [-0.15, -0.1) is 0 Å². The van der Waals surface area contributed by atoms with Gasteiger partial charge in [0, 0.05) is 6.07 Å². The molecule has 26 heavy (non-hydrogen) atoms. The van der Waals surface area contributed by atoms with Crippen LogP contribution in [0.5, 0.6) is 11.5 Å². The number of H-pyrrole nitrogens is 1. The molecule has 1 aromatic heterocycles. The Hall–Kier alpha value is -2.84. The SMILES string of the molecule is O=C(NCc1noc(=O)[nH]1)c1c(Cl)cccc1Oc1ccc(F)c(Cl)c1. The van der Waals surface area contributed by atoms with Crippen LogP contribution in [0.15, 0.2) is 45.7 Å². The molecule has 0 unspecified atom stereocenters. The first-order valence-corrected chi connectivity index (χ1v) is 7.94. The predicted molar refractivity (Wildman–Crippen MR) is 91.2 cm³/mol. The molecule has 7 nitrogen and oxygen atoms in total. The van der Waals surface area contributed by atoms with E-state index in [0.29, 0.717) is 0 Å². The minimum atomic E-state index is -0.732. The molecule has 0 bridgehead atoms. The molecule has 3 rings (SSSR count). The highest BCUT2D eigenvalue weighted by Crippen LogP contribution is 2.32. The number of amides is 1. The molecule has 0 spiro atoms. The summed E-state index contributed by atoms with van der Waals surface area (Å²) >= 11 is 11.8. The Morgan fingerprint density at radius 2 is 2.08 bits per heavy atom. The molecule has 0 atom stereocenters. The van der Waals surface area contributed by atoms with Crippen LogP contribution in [0.2, 0.25) is 10.0 Å². The fourth-order valence-electron chi connectivity index (χ4n) is 2.07. The Bertz CT molecular complexity index is 1020. The van der Waals surface area contributed by atoms with Gasteiger partial charge in [-0.25, -0.2) is 9.18 Å². The van der Waals surface area contributed by atoms with Gasteiger partial charge in [-0.3, -0.25) is 14.3 Å². The molecule has 0 fully saturated rings. The summed E-state index contributed by atoms with van der Waals surface area (Å²) in [5.74, 6) is -1.38. The van der Waals surface area contributed by atoms with Crippen molar-refractivity contribution >= 4 is 29.1 Å². The van der Waals surface area contributed by atoms with Gasteiger partial charge in [0.1, 0.15) is 22.9 Å². The standard InChI is InChI=1S/C16H10Cl2FN3O4/c17-9-2-1-3-12(25-8-4-5-11(19)10(18)6-8)14(9)15(23)20-7-13-21-16(24)26-22-13/h1-6H,7H2,(H,20,23)(H,21,22,24). The van der Waals surface area contributed by atoms with Gasteiger partial charge in [-0.2, -0.15) is 0 Å². The second kappa shape index (κ2) is 7.59. The van der Waals surface area contributed by atoms with Gasteiger partial charge in [0.2, 0.25) is 0 Å². The van der Waals surface area contributed by atoms with Crippen LogP contribution in [0, 0.1) is 5.82 Å². The second-order valence-electron chi connectivity index (χ2n) is 5.02. The molecule has 10 heteroatoms. The van der Waals surface area contributed by atoms with E-state index >= 15 is 0 Å². The van der Waals surface area contributed by atoms with Gasteiger partial charge in [0.15, 0.2) is 5.82 Å². The van der Waals surface area contributed by atoms with Crippen molar-refractivity contribution in [2.24, 2.45) is 0 Å². The summed E-state index contributed by atoms with van der Waals surface area (Å²) in [6.07, 6.45) is 0. The molecule has 0 aliphatic rings. The lowest BCUT2D eigenvalue weighted by molar-refractivity contribution is 0.0947. The molecule has 0 radical (unpaired) electrons. The number of ether oxygens (including phenoxy) is 1. The van der Waals surface area contributed by atoms with Gasteiger partial charge in [0.25, 0.3) is 5.91 Å². The van der Waals surface area contributed by atoms with Gasteiger partial charge in [0.05, 0.1) is 16.6 Å². The van der Waals surface area contributed by atoms with Crippen LogP contribution >= 0.6 is 23.2 Å². The average Bonchev–Trinajstić information content (AvgIpc) is 3.02. The van der Waals surface area contributed by atoms with Crippen LogP contribution in [0.25, 0.3) is 0 Å². The number of carbonyl (C=O) groups is 1. The first-order valence-electron chi connectivity index (χ1n) is 7.18. The van der Waals surface area contributed by atoms with Crippen molar-refractivity contribution in [3.05, 3.63) is 74.2 Å². The maximum absolute atomic E-state index is 13.3. The third-order valence-corrected chi connectivity index (χ3v) is 3.83. The molecule has 1 heterocycles. The number of hydrogen-bond acceptors (Lipinski definition) is 5. The van der Waals surface area contributed by atoms with E-state index in [9.17, 15) is 14.0 Å². The lowest BCUT2D eigenvalue weighted by Crippen LogP contribution is -2.24. The zero-order valence-corrected chi connectivity index (χ0v) is 14.4. The maximum Gasteiger partial charge on any atom is 0.438 e. The number of halogens is 3. The van der Waals surface area contributed by atoms with Crippen LogP contribution in [0.3, 0.4) is 0 Å². The minimum Gasteiger partial charge on any atom is -0.456 e. The van der Waals surface area contributed by atoms with E-state index in [0.717, 1.165) is 6.07 Å². The Kier molecular flexibility index (Phi) is 5.24. The Morgan fingerprint density at radius 1 is 1.27 bits per heavy atom. The molecule has 134 valence electrons. The third kappa shape index (κ3) is 4.04. The van der Waals surface area contributed by atoms with E-state index in [1.807, 2.05) is 0 Å². The van der Waals surface area contributed by atoms with Crippen LogP contribution < -0.4 is 15.8 Å². The first kappa shape index (κ1) is 18.0. The van der Waals surface area contributed by atoms with Crippen LogP contribution in [-0.2, 0) is 6.54 Å². The fraction of sp³-hybridized carbons (Fsp3) is 0.0625. The number of carbonyl (C=O) groups excluding carboxylic acids is 1. The molecule has 2 N–H and O–H groups in total. The third-order valence-electron chi connectivity index (χ3n) is 3.22. The molecule has 0 aliphatic heterocycles. The van der Waals surface area contributed by atoms with Crippen molar-refractivity contribution < 1.29 is 18.4 Å². The summed E-state index contributed by atoms with van der Waals surface area (Å²) < 4.78 is 23.2. The number of hydrogen-bond donors (Lipinski definition) is 2. The first-order chi connectivity index (χ1) is 12.4. The Labute approximate surface area is 155 Å². The normalized spacial score (nSPS) is 10.6. The van der Waals surface area contributed by atoms with Crippen molar-refractivity contribution in [1.29, 1.82) is 0 Å². The monoisotopic (exact) mass is 397 g/mol. The molecule has 0 aliphatic carbocycles. The lowest BCUT2D eigenvalue weighted by atomic mass is 10.2. The molecular weight excluding hydrogens is 388 g/mol. The minimum absolute atomic E-state index is 0.0560. The average molecular weight is 398 g/mol. The van der Waals surface area contributed by atoms with E-state index in [-0.39, 0.29) is 39.5 Å². The number of aromatic nitrogens is 2. The zero-order valence-electron chi connectivity index (χ0n) is 12.9. The number of nitrogens with zero attached hydrogens (tertiary/aromatic N) is 1. The Morgan fingerprint density at radius 3 is 2.77 bits per heavy atom. The number of rotatable bonds is 5. The molecule has 2 aromatic carbocycles. The summed E-state index contributed by atoms with van der Waals surface area (Å²) in [6, 6.07) is 8.41. The van der Waals surface area contributed by atoms with E-state index in [1.165, 1.54) is 24.3 Å². The summed E-state index contributed by atoms with van der Waals surface area (Å²) in [5.41, 5.74) is 0.0560. The van der Waals surface area contributed by atoms with Crippen LogP contribution in [-0.4, -0.2) is 16.0 Å². The maximum atomic E-state index is 13.3. The highest BCUT2D eigenvalue weighted by atomic mass is 35.5. The van der Waals surface area contributed by atoms with Crippen molar-refractivity contribution in [3.63, 3.8) is 0 Å². The van der Waals surface area contributed by atoms with E-state index in [1.54, 1.807) is 6.07 Å². The largest absolute Gasteiger partial charge is 0.456 e. The number of aromatic amines is 1. The summed E-state index contributed by atoms with van der Waals surface area (Å²) in [4.78, 5) is 25.7. The van der Waals surface area contributed by atoms with Crippen molar-refractivity contribution in [1.82, 2.24) is 15.5 Å². The van der Waals surface area contributed by atoms with E-state index in [4.69, 9.17) is 27.9 Å². The molecule has 0 saturated carbocycles. The van der Waals surface area contributed by atoms with Gasteiger partial charge in [-0.1, -0.05) is 34.4 Å². The highest BCUT2D eigenvalue weighted by Gasteiger charge is 2.18. The molecular formula is C16H10Cl2FN3O4. The smallest absolute Gasteiger partial charge is 0.438 e. The quantitative estimate of drug-likeness (QED) is 0.686. The molecule has 0 saturated heterocycles. The fourth-order valence-corrected chi connectivity index (χ4v) is 2.49. The summed E-state index contributed by atoms with van der Waals surface area (Å²) in [6.45, 7) is -0.0857. The highest BCUT2D eigenvalue weighted by molar-refractivity contribution is 6.34. The van der Waals surface area contributed by atoms with Crippen LogP contribution in [0.4, 0.5) is 4.39 Å². The zero-order chi connectivity index (χ0) is 18.7.